The first kappa shape index (κ1) is 35.4. The van der Waals surface area contributed by atoms with Gasteiger partial charge in [-0.3, -0.25) is 4.55 Å². The van der Waals surface area contributed by atoms with Crippen LogP contribution in [0.3, 0.4) is 0 Å². The third-order valence-electron chi connectivity index (χ3n) is 15.2. The van der Waals surface area contributed by atoms with Crippen LogP contribution in [0.25, 0.3) is 0 Å². The molecule has 0 unspecified atom stereocenters. The Morgan fingerprint density at radius 3 is 2.05 bits per heavy atom. The Balaban J connectivity index is 0.000000595. The van der Waals surface area contributed by atoms with E-state index in [0.29, 0.717) is 39.1 Å². The second-order valence-electron chi connectivity index (χ2n) is 17.7. The molecule has 0 radical (unpaired) electrons. The molecule has 1 N–H and O–H groups in total. The second-order valence-corrected chi connectivity index (χ2v) is 18.6. The van der Waals surface area contributed by atoms with E-state index in [0.717, 1.165) is 17.8 Å². The van der Waals surface area contributed by atoms with E-state index < -0.39 is 10.4 Å². The summed E-state index contributed by atoms with van der Waals surface area (Å²) in [5.41, 5.74) is 6.77. The van der Waals surface area contributed by atoms with Crippen molar-refractivity contribution in [3.8, 4) is 0 Å². The van der Waals surface area contributed by atoms with Gasteiger partial charge in [-0.25, -0.2) is 8.42 Å². The van der Waals surface area contributed by atoms with Gasteiger partial charge in [0.1, 0.15) is 0 Å². The quantitative estimate of drug-likeness (QED) is 0.173. The Hall–Kier alpha value is 0.0500. The van der Waals surface area contributed by atoms with E-state index in [1.165, 1.54) is 82.6 Å². The summed E-state index contributed by atoms with van der Waals surface area (Å²) in [4.78, 5) is 0. The number of hydrogen-bond donors (Lipinski definition) is 1. The first-order chi connectivity index (χ1) is 19.8. The topological polar surface area (TPSA) is 86.7 Å². The Kier molecular flexibility index (Phi) is 9.09. The molecule has 5 aliphatic carbocycles. The molecule has 4 saturated carbocycles. The van der Waals surface area contributed by atoms with Crippen molar-refractivity contribution in [3.63, 3.8) is 0 Å². The molecule has 1 aromatic carbocycles. The molecular formula is C37H56NaO5S-. The molecule has 1 saturated heterocycles. The molecule has 242 valence electrons. The molecule has 1 heterocycles. The minimum absolute atomic E-state index is 0. The van der Waals surface area contributed by atoms with Crippen LogP contribution in [0.5, 0.6) is 0 Å². The minimum atomic E-state index is -4.92. The zero-order valence-corrected chi connectivity index (χ0v) is 31.8. The standard InChI is InChI=1S/C37H55O.Na.H2O4S/c1-24-11-9-12-26-25(24)23-30-33(26,4)19-14-28-34(5)22-16-31-36(7,29(34)15-20-35(28,30)6)21-13-27-32(2,3)17-10-18-37(27,8)38-31;;1-5(2,3)4/h9,11,27-31H,10,13-23H2,1-8H3;;(H2,1,2,3,4)/q-1;+1;/p-1/t27-,28+,29+,30+,31-,33+,34+,35+,36-,37-;;/m0../s1. The largest absolute Gasteiger partial charge is 1.00 e. The molecule has 6 aliphatic rings. The second kappa shape index (κ2) is 11.3. The van der Waals surface area contributed by atoms with Gasteiger partial charge in [0.25, 0.3) is 0 Å². The van der Waals surface area contributed by atoms with Crippen molar-refractivity contribution in [1.82, 2.24) is 0 Å². The van der Waals surface area contributed by atoms with E-state index in [-0.39, 0.29) is 35.2 Å². The van der Waals surface area contributed by atoms with Crippen LogP contribution >= 0.6 is 0 Å². The third-order valence-corrected chi connectivity index (χ3v) is 15.2. The summed E-state index contributed by atoms with van der Waals surface area (Å²) in [6.07, 6.45) is 16.7. The molecule has 0 bridgehead atoms. The Labute approximate surface area is 290 Å². The summed E-state index contributed by atoms with van der Waals surface area (Å²) < 4.78 is 40.3. The van der Waals surface area contributed by atoms with Gasteiger partial charge in [0.2, 0.25) is 10.4 Å². The number of fused-ring (bicyclic) bond motifs is 10. The molecule has 1 aliphatic heterocycles. The van der Waals surface area contributed by atoms with E-state index in [9.17, 15) is 0 Å². The molecule has 7 heteroatoms. The predicted octanol–water partition coefficient (Wildman–Crippen LogP) is 5.63. The molecular weight excluding hydrogens is 579 g/mol. The van der Waals surface area contributed by atoms with E-state index in [1.54, 1.807) is 11.1 Å². The van der Waals surface area contributed by atoms with Crippen LogP contribution in [-0.2, 0) is 27.0 Å². The van der Waals surface area contributed by atoms with Gasteiger partial charge in [0, 0.05) is 0 Å². The fourth-order valence-corrected chi connectivity index (χ4v) is 13.4. The summed E-state index contributed by atoms with van der Waals surface area (Å²) in [6.45, 7) is 20.8. The van der Waals surface area contributed by atoms with E-state index >= 15 is 0 Å². The van der Waals surface area contributed by atoms with Crippen LogP contribution in [-0.4, -0.2) is 29.2 Å². The van der Waals surface area contributed by atoms with Crippen molar-refractivity contribution >= 4 is 10.4 Å². The summed E-state index contributed by atoms with van der Waals surface area (Å²) in [6, 6.07) is 8.30. The van der Waals surface area contributed by atoms with Crippen molar-refractivity contribution in [1.29, 1.82) is 0 Å². The average Bonchev–Trinajstić information content (AvgIpc) is 3.12. The summed E-state index contributed by atoms with van der Waals surface area (Å²) >= 11 is 0. The predicted molar refractivity (Wildman–Crippen MR) is 170 cm³/mol. The normalized spacial score (nSPS) is 47.0. The molecule has 0 spiro atoms. The summed E-state index contributed by atoms with van der Waals surface area (Å²) in [5.74, 6) is 3.13. The summed E-state index contributed by atoms with van der Waals surface area (Å²) in [7, 11) is -4.92. The van der Waals surface area contributed by atoms with Crippen LogP contribution in [0.2, 0.25) is 0 Å². The van der Waals surface area contributed by atoms with Gasteiger partial charge in [0.05, 0.1) is 11.7 Å². The fourth-order valence-electron chi connectivity index (χ4n) is 13.4. The van der Waals surface area contributed by atoms with E-state index in [1.807, 2.05) is 0 Å². The van der Waals surface area contributed by atoms with Crippen molar-refractivity contribution in [3.05, 3.63) is 34.9 Å². The number of rotatable bonds is 0. The first-order valence-electron chi connectivity index (χ1n) is 17.1. The minimum Gasteiger partial charge on any atom is -0.726 e. The van der Waals surface area contributed by atoms with Crippen molar-refractivity contribution in [2.75, 3.05) is 0 Å². The van der Waals surface area contributed by atoms with Crippen LogP contribution in [0.15, 0.2) is 12.1 Å². The smallest absolute Gasteiger partial charge is 0.726 e. The van der Waals surface area contributed by atoms with Gasteiger partial charge < -0.3 is 9.29 Å². The Morgan fingerprint density at radius 2 is 1.36 bits per heavy atom. The third kappa shape index (κ3) is 5.35. The number of aryl methyl sites for hydroxylation is 1. The molecule has 10 atom stereocenters. The molecule has 0 aromatic heterocycles. The summed E-state index contributed by atoms with van der Waals surface area (Å²) in [5, 5.41) is 0. The molecule has 1 aromatic rings. The van der Waals surface area contributed by atoms with Crippen LogP contribution in [0.4, 0.5) is 0 Å². The zero-order chi connectivity index (χ0) is 31.4. The van der Waals surface area contributed by atoms with Crippen LogP contribution in [0.1, 0.15) is 136 Å². The van der Waals surface area contributed by atoms with Crippen molar-refractivity contribution in [2.45, 2.75) is 150 Å². The van der Waals surface area contributed by atoms with E-state index in [2.05, 4.69) is 73.6 Å². The maximum absolute atomic E-state index is 8.63. The van der Waals surface area contributed by atoms with Gasteiger partial charge in [-0.1, -0.05) is 61.3 Å². The number of benzene rings is 1. The molecule has 5 fully saturated rings. The van der Waals surface area contributed by atoms with Crippen LogP contribution in [0, 0.1) is 58.3 Å². The SMILES string of the molecule is Cc1cc[c-]c2c1C[C@H]1[C@]3(C)CC[C@@H]4[C@](C)(CC[C@@H]5O[C@@]6(C)CCCC(C)(C)[C@@H]6CC[C@@]45C)[C@H]3CC[C@]21C.O=S(=O)([O-])O.[Na+]. The molecule has 5 nitrogen and oxygen atoms in total. The average molecular weight is 636 g/mol. The van der Waals surface area contributed by atoms with Gasteiger partial charge >= 0.3 is 29.6 Å². The Bertz CT molecular complexity index is 1370. The van der Waals surface area contributed by atoms with Crippen molar-refractivity contribution in [2.24, 2.45) is 45.3 Å². The number of ether oxygens (including phenoxy) is 1. The monoisotopic (exact) mass is 635 g/mol. The number of hydrogen-bond acceptors (Lipinski definition) is 4. The van der Waals surface area contributed by atoms with Crippen molar-refractivity contribution < 1.29 is 51.8 Å². The molecule has 0 amide bonds. The van der Waals surface area contributed by atoms with Crippen LogP contribution < -0.4 is 29.6 Å². The van der Waals surface area contributed by atoms with Gasteiger partial charge in [-0.15, -0.1) is 5.56 Å². The zero-order valence-electron chi connectivity index (χ0n) is 29.0. The van der Waals surface area contributed by atoms with Gasteiger partial charge in [-0.05, 0) is 122 Å². The maximum atomic E-state index is 8.63. The maximum Gasteiger partial charge on any atom is 1.00 e. The Morgan fingerprint density at radius 1 is 0.818 bits per heavy atom. The van der Waals surface area contributed by atoms with Gasteiger partial charge in [0.15, 0.2) is 0 Å². The van der Waals surface area contributed by atoms with Gasteiger partial charge in [-0.2, -0.15) is 29.3 Å². The molecule has 44 heavy (non-hydrogen) atoms. The first-order valence-corrected chi connectivity index (χ1v) is 18.5. The fraction of sp³-hybridized carbons (Fsp3) is 0.838. The van der Waals surface area contributed by atoms with E-state index in [4.69, 9.17) is 22.3 Å². The molecule has 7 rings (SSSR count).